The van der Waals surface area contributed by atoms with Crippen molar-refractivity contribution in [1.29, 1.82) is 0 Å². The molecule has 1 aliphatic heterocycles. The van der Waals surface area contributed by atoms with Crippen molar-refractivity contribution in [3.8, 4) is 131 Å². The highest BCUT2D eigenvalue weighted by molar-refractivity contribution is 5.95. The molecule has 1 aromatic heterocycles. The molecule has 0 atom stereocenters. The van der Waals surface area contributed by atoms with Crippen molar-refractivity contribution in [3.63, 3.8) is 0 Å². The molecule has 5 rings (SSSR count). The van der Waals surface area contributed by atoms with Crippen molar-refractivity contribution in [1.82, 2.24) is 0 Å². The first-order valence-electron chi connectivity index (χ1n) is 17.8. The van der Waals surface area contributed by atoms with Gasteiger partial charge in [0.15, 0.2) is 6.20 Å². The minimum absolute atomic E-state index is 0.316. The zero-order valence-electron chi connectivity index (χ0n) is 31.4. The number of unbranched alkanes of at least 4 members (excludes halogenated alkanes) is 1. The molecular weight excluding hydrogens is 677 g/mol. The predicted molar refractivity (Wildman–Crippen MR) is 231 cm³/mol. The minimum atomic E-state index is -0.316. The van der Waals surface area contributed by atoms with Crippen LogP contribution in [0.25, 0.3) is 27.8 Å². The van der Waals surface area contributed by atoms with E-state index in [2.05, 4.69) is 253 Å². The van der Waals surface area contributed by atoms with Gasteiger partial charge in [-0.3, -0.25) is 4.90 Å². The van der Waals surface area contributed by atoms with Crippen molar-refractivity contribution in [2.24, 2.45) is 0 Å². The fraction of sp³-hybridized carbons (Fsp3) is 0.130. The number of nitrogens with zero attached hydrogens (tertiary/aromatic N) is 2. The van der Waals surface area contributed by atoms with Crippen molar-refractivity contribution in [2.45, 2.75) is 45.6 Å². The summed E-state index contributed by atoms with van der Waals surface area (Å²) < 4.78 is 2.34. The average molecular weight is 710 g/mol. The lowest BCUT2D eigenvalue weighted by Crippen LogP contribution is -2.34. The van der Waals surface area contributed by atoms with Crippen molar-refractivity contribution < 1.29 is 4.57 Å². The van der Waals surface area contributed by atoms with E-state index in [9.17, 15) is 0 Å². The molecule has 0 radical (unpaired) electrons. The summed E-state index contributed by atoms with van der Waals surface area (Å²) in [5.74, 6) is 51.6. The van der Waals surface area contributed by atoms with E-state index in [4.69, 9.17) is 6.42 Å². The van der Waals surface area contributed by atoms with Crippen LogP contribution >= 0.6 is 0 Å². The Bertz CT molecular complexity index is 3000. The number of fused-ring (bicyclic) bond motifs is 4. The van der Waals surface area contributed by atoms with Crippen LogP contribution < -0.4 is 9.47 Å². The molecule has 2 heteroatoms. The summed E-state index contributed by atoms with van der Waals surface area (Å²) in [5, 5.41) is 3.64. The van der Waals surface area contributed by atoms with Crippen LogP contribution in [-0.4, -0.2) is 0 Å². The minimum Gasteiger partial charge on any atom is -0.272 e. The van der Waals surface area contributed by atoms with E-state index < -0.39 is 0 Å². The van der Waals surface area contributed by atoms with Crippen LogP contribution in [0.4, 0.5) is 5.69 Å². The van der Waals surface area contributed by atoms with E-state index in [-0.39, 0.29) is 5.41 Å². The Hall–Kier alpha value is -8.49. The number of allylic oxidation sites excluding steroid dienone is 5. The van der Waals surface area contributed by atoms with E-state index >= 15 is 0 Å². The second kappa shape index (κ2) is 20.5. The Labute approximate surface area is 332 Å². The highest BCUT2D eigenvalue weighted by Crippen LogP contribution is 2.50. The largest absolute Gasteiger partial charge is 0.272 e. The molecule has 0 N–H and O–H groups in total. The summed E-state index contributed by atoms with van der Waals surface area (Å²) in [6.07, 6.45) is 20.0. The Morgan fingerprint density at radius 3 is 1.82 bits per heavy atom. The molecule has 0 spiro atoms. The molecule has 0 unspecified atom stereocenters. The second-order valence-corrected chi connectivity index (χ2v) is 12.4. The molecule has 0 aliphatic carbocycles. The van der Waals surface area contributed by atoms with E-state index in [0.29, 0.717) is 0 Å². The number of anilines is 1. The first kappa shape index (κ1) is 38.7. The smallest absolute Gasteiger partial charge is 0.213 e. The number of pyridine rings is 1. The molecule has 0 fully saturated rings. The van der Waals surface area contributed by atoms with Crippen LogP contribution in [0.2, 0.25) is 0 Å². The van der Waals surface area contributed by atoms with E-state index in [0.717, 1.165) is 30.8 Å². The maximum Gasteiger partial charge on any atom is 0.213 e. The number of benzene rings is 3. The van der Waals surface area contributed by atoms with E-state index in [1.165, 1.54) is 32.8 Å². The summed E-state index contributed by atoms with van der Waals surface area (Å²) in [7, 11) is 0. The summed E-state index contributed by atoms with van der Waals surface area (Å²) in [4.78, 5) is 2.04. The maximum atomic E-state index is 4.99. The number of hydrogen-bond acceptors (Lipinski definition) is 1. The van der Waals surface area contributed by atoms with Crippen LogP contribution in [0.15, 0.2) is 103 Å². The Morgan fingerprint density at radius 1 is 0.625 bits per heavy atom. The van der Waals surface area contributed by atoms with Crippen molar-refractivity contribution >= 4 is 33.4 Å². The average Bonchev–Trinajstić information content (AvgIpc) is 3.44. The third-order valence-corrected chi connectivity index (χ3v) is 8.48. The van der Waals surface area contributed by atoms with Crippen LogP contribution in [0, 0.1) is 131 Å². The highest BCUT2D eigenvalue weighted by atomic mass is 15.2. The van der Waals surface area contributed by atoms with Crippen LogP contribution in [0.3, 0.4) is 0 Å². The third kappa shape index (κ3) is 10.3. The summed E-state index contributed by atoms with van der Waals surface area (Å²) in [6, 6.07) is 26.8. The number of aryl methyl sites for hydroxylation is 1. The topological polar surface area (TPSA) is 7.12 Å². The molecular formula is C54H33N2+. The van der Waals surface area contributed by atoms with Gasteiger partial charge < -0.3 is 0 Å². The van der Waals surface area contributed by atoms with Gasteiger partial charge in [-0.2, -0.15) is 4.57 Å². The van der Waals surface area contributed by atoms with Crippen LogP contribution in [-0.2, 0) is 12.0 Å². The number of aromatic nitrogens is 1. The highest BCUT2D eigenvalue weighted by Gasteiger charge is 2.40. The molecule has 1 aliphatic rings. The molecule has 0 bridgehead atoms. The zero-order chi connectivity index (χ0) is 39.3. The lowest BCUT2D eigenvalue weighted by Gasteiger charge is -2.23. The van der Waals surface area contributed by atoms with Gasteiger partial charge in [0, 0.05) is 107 Å². The molecule has 0 saturated carbocycles. The molecule has 2 heterocycles. The van der Waals surface area contributed by atoms with Crippen molar-refractivity contribution in [2.75, 3.05) is 4.90 Å². The fourth-order valence-electron chi connectivity index (χ4n) is 6.04. The first-order chi connectivity index (χ1) is 27.6. The monoisotopic (exact) mass is 709 g/mol. The van der Waals surface area contributed by atoms with Crippen LogP contribution in [0.5, 0.6) is 0 Å². The second-order valence-electron chi connectivity index (χ2n) is 12.4. The quantitative estimate of drug-likeness (QED) is 0.112. The SMILES string of the molecule is C#CC#CC#CC#CC#CC#CC#CC#CC#CC#CC#CN1C(=CC=CC=Cc2cc[n+](CCCC)c3ccccc23)C(C)(C)c2c1ccc1ccccc21. The van der Waals surface area contributed by atoms with Gasteiger partial charge in [-0.1, -0.05) is 94.0 Å². The molecule has 4 aromatic rings. The number of hydrogen-bond donors (Lipinski definition) is 0. The summed E-state index contributed by atoms with van der Waals surface area (Å²) in [6.45, 7) is 7.72. The standard InChI is InChI=1S/C54H33N2/c1-5-7-9-10-11-12-13-14-15-16-17-18-19-20-21-22-23-24-25-33-44-56-51-41-40-46-35-29-30-37-49(46)53(51)54(3,4)52(56)39-28-26-27-34-47-42-45-55(43-8-6-2)50-38-32-31-36-48(47)50/h1,26-32,34-42,45H,6,8,43H2,2-4H3/q+1. The summed E-state index contributed by atoms with van der Waals surface area (Å²) >= 11 is 0. The maximum absolute atomic E-state index is 4.99. The van der Waals surface area contributed by atoms with Crippen molar-refractivity contribution in [3.05, 3.63) is 114 Å². The molecule has 56 heavy (non-hydrogen) atoms. The lowest BCUT2D eigenvalue weighted by molar-refractivity contribution is -0.671. The number of para-hydroxylation sites is 1. The van der Waals surface area contributed by atoms with Gasteiger partial charge in [0.05, 0.1) is 11.1 Å². The van der Waals surface area contributed by atoms with Gasteiger partial charge in [-0.05, 0) is 87.5 Å². The Morgan fingerprint density at radius 2 is 1.20 bits per heavy atom. The molecule has 3 aromatic carbocycles. The molecule has 0 amide bonds. The predicted octanol–water partition coefficient (Wildman–Crippen LogP) is 7.96. The van der Waals surface area contributed by atoms with Gasteiger partial charge in [0.25, 0.3) is 0 Å². The Kier molecular flexibility index (Phi) is 14.2. The first-order valence-corrected chi connectivity index (χ1v) is 17.8. The fourth-order valence-corrected chi connectivity index (χ4v) is 6.04. The molecule has 2 nitrogen and oxygen atoms in total. The van der Waals surface area contributed by atoms with Gasteiger partial charge in [0.2, 0.25) is 5.52 Å². The Balaban J connectivity index is 1.32. The normalized spacial score (nSPS) is 11.7. The van der Waals surface area contributed by atoms with Gasteiger partial charge in [-0.15, -0.1) is 6.42 Å². The van der Waals surface area contributed by atoms with Gasteiger partial charge >= 0.3 is 0 Å². The third-order valence-electron chi connectivity index (χ3n) is 8.48. The van der Waals surface area contributed by atoms with E-state index in [1.807, 2.05) is 4.90 Å². The summed E-state index contributed by atoms with van der Waals surface area (Å²) in [5.41, 5.74) is 5.44. The zero-order valence-corrected chi connectivity index (χ0v) is 31.4. The van der Waals surface area contributed by atoms with E-state index in [1.54, 1.807) is 0 Å². The number of terminal acetylenes is 1. The molecule has 0 saturated heterocycles. The van der Waals surface area contributed by atoms with Gasteiger partial charge in [-0.25, -0.2) is 0 Å². The number of rotatable bonds is 6. The molecule has 258 valence electrons. The lowest BCUT2D eigenvalue weighted by atomic mass is 9.81. The van der Waals surface area contributed by atoms with Gasteiger partial charge in [0.1, 0.15) is 6.54 Å². The van der Waals surface area contributed by atoms with Crippen LogP contribution in [0.1, 0.15) is 44.7 Å².